The van der Waals surface area contributed by atoms with E-state index in [0.717, 1.165) is 5.39 Å². The summed E-state index contributed by atoms with van der Waals surface area (Å²) < 4.78 is 10.9. The highest BCUT2D eigenvalue weighted by Crippen LogP contribution is 2.29. The molecule has 3 aromatic carbocycles. The molecule has 9 heteroatoms. The molecule has 0 aliphatic carbocycles. The van der Waals surface area contributed by atoms with Gasteiger partial charge in [-0.05, 0) is 30.3 Å². The van der Waals surface area contributed by atoms with Gasteiger partial charge in [0.15, 0.2) is 5.76 Å². The Morgan fingerprint density at radius 3 is 2.50 bits per heavy atom. The van der Waals surface area contributed by atoms with Gasteiger partial charge in [-0.25, -0.2) is 0 Å². The Morgan fingerprint density at radius 1 is 0.938 bits per heavy atom. The summed E-state index contributed by atoms with van der Waals surface area (Å²) in [4.78, 5) is 35.4. The fourth-order valence-corrected chi connectivity index (χ4v) is 3.11. The predicted octanol–water partition coefficient (Wildman–Crippen LogP) is 4.85. The molecule has 0 radical (unpaired) electrons. The Hall–Kier alpha value is -4.66. The lowest BCUT2D eigenvalue weighted by Crippen LogP contribution is -2.14. The molecule has 1 aromatic heterocycles. The van der Waals surface area contributed by atoms with Crippen molar-refractivity contribution in [3.63, 3.8) is 0 Å². The molecule has 0 saturated carbocycles. The molecule has 0 spiro atoms. The van der Waals surface area contributed by atoms with E-state index in [4.69, 9.17) is 9.15 Å². The van der Waals surface area contributed by atoms with Gasteiger partial charge in [-0.15, -0.1) is 0 Å². The summed E-state index contributed by atoms with van der Waals surface area (Å²) in [7, 11) is 1.43. The number of nitro benzene ring substituents is 1. The van der Waals surface area contributed by atoms with Gasteiger partial charge in [-0.1, -0.05) is 24.3 Å². The SMILES string of the molecule is COc1cc(NC(=O)c2cccc([N+](=O)[O-])c2)ccc1NC(=O)c1cc2ccccc2o1. The van der Waals surface area contributed by atoms with Crippen LogP contribution in [-0.4, -0.2) is 23.8 Å². The van der Waals surface area contributed by atoms with Crippen molar-refractivity contribution in [3.05, 3.63) is 94.2 Å². The largest absolute Gasteiger partial charge is 0.494 e. The van der Waals surface area contributed by atoms with Crippen LogP contribution in [0.25, 0.3) is 11.0 Å². The fraction of sp³-hybridized carbons (Fsp3) is 0.0435. The molecule has 0 atom stereocenters. The van der Waals surface area contributed by atoms with Gasteiger partial charge in [0.05, 0.1) is 17.7 Å². The minimum Gasteiger partial charge on any atom is -0.494 e. The van der Waals surface area contributed by atoms with E-state index in [9.17, 15) is 19.7 Å². The summed E-state index contributed by atoms with van der Waals surface area (Å²) in [6.45, 7) is 0. The zero-order valence-corrected chi connectivity index (χ0v) is 16.8. The van der Waals surface area contributed by atoms with E-state index >= 15 is 0 Å². The molecule has 4 aromatic rings. The number of hydrogen-bond acceptors (Lipinski definition) is 6. The van der Waals surface area contributed by atoms with E-state index in [-0.39, 0.29) is 17.0 Å². The highest BCUT2D eigenvalue weighted by Gasteiger charge is 2.16. The maximum Gasteiger partial charge on any atom is 0.291 e. The number of furan rings is 1. The number of hydrogen-bond donors (Lipinski definition) is 2. The quantitative estimate of drug-likeness (QED) is 0.332. The first-order chi connectivity index (χ1) is 15.4. The molecule has 0 unspecified atom stereocenters. The number of benzene rings is 3. The number of non-ortho nitro benzene ring substituents is 1. The molecule has 0 saturated heterocycles. The third-order valence-electron chi connectivity index (χ3n) is 4.68. The topological polar surface area (TPSA) is 124 Å². The van der Waals surface area contributed by atoms with Gasteiger partial charge < -0.3 is 19.8 Å². The second-order valence-electron chi connectivity index (χ2n) is 6.78. The van der Waals surface area contributed by atoms with Crippen LogP contribution in [0.5, 0.6) is 5.75 Å². The van der Waals surface area contributed by atoms with E-state index in [0.29, 0.717) is 22.7 Å². The van der Waals surface area contributed by atoms with E-state index < -0.39 is 16.7 Å². The van der Waals surface area contributed by atoms with Gasteiger partial charge in [0.2, 0.25) is 0 Å². The van der Waals surface area contributed by atoms with Gasteiger partial charge in [-0.2, -0.15) is 0 Å². The lowest BCUT2D eigenvalue weighted by atomic mass is 10.2. The maximum absolute atomic E-state index is 12.6. The standard InChI is InChI=1S/C23H17N3O6/c1-31-20-13-16(24-22(27)15-6-4-7-17(11-15)26(29)30)9-10-18(20)25-23(28)21-12-14-5-2-3-8-19(14)32-21/h2-13H,1H3,(H,24,27)(H,25,28). The Balaban J connectivity index is 1.51. The molecule has 0 aliphatic rings. The van der Waals surface area contributed by atoms with E-state index in [1.807, 2.05) is 18.2 Å². The monoisotopic (exact) mass is 431 g/mol. The normalized spacial score (nSPS) is 10.5. The van der Waals surface area contributed by atoms with E-state index in [2.05, 4.69) is 10.6 Å². The molecule has 4 rings (SSSR count). The third-order valence-corrected chi connectivity index (χ3v) is 4.68. The van der Waals surface area contributed by atoms with Crippen LogP contribution in [0.15, 0.2) is 77.2 Å². The number of carbonyl (C=O) groups is 2. The number of amides is 2. The Kier molecular flexibility index (Phi) is 5.54. The van der Waals surface area contributed by atoms with Crippen LogP contribution in [0.1, 0.15) is 20.9 Å². The molecular formula is C23H17N3O6. The Labute approximate surface area is 181 Å². The van der Waals surface area contributed by atoms with Crippen LogP contribution in [0.3, 0.4) is 0 Å². The van der Waals surface area contributed by atoms with E-state index in [1.54, 1.807) is 24.3 Å². The second kappa shape index (κ2) is 8.60. The summed E-state index contributed by atoms with van der Waals surface area (Å²) in [6, 6.07) is 19.0. The molecule has 2 N–H and O–H groups in total. The number of nitrogens with one attached hydrogen (secondary N) is 2. The zero-order chi connectivity index (χ0) is 22.7. The number of rotatable bonds is 6. The number of anilines is 2. The molecule has 1 heterocycles. The van der Waals surface area contributed by atoms with Crippen molar-refractivity contribution in [2.24, 2.45) is 0 Å². The van der Waals surface area contributed by atoms with E-state index in [1.165, 1.54) is 37.4 Å². The summed E-state index contributed by atoms with van der Waals surface area (Å²) in [5.74, 6) is -0.509. The summed E-state index contributed by atoms with van der Waals surface area (Å²) in [5, 5.41) is 17.1. The molecule has 160 valence electrons. The van der Waals surface area contributed by atoms with Crippen molar-refractivity contribution >= 4 is 39.8 Å². The smallest absolute Gasteiger partial charge is 0.291 e. The summed E-state index contributed by atoms with van der Waals surface area (Å²) >= 11 is 0. The van der Waals surface area contributed by atoms with Crippen molar-refractivity contribution in [1.82, 2.24) is 0 Å². The summed E-state index contributed by atoms with van der Waals surface area (Å²) in [5.41, 5.74) is 1.33. The second-order valence-corrected chi connectivity index (χ2v) is 6.78. The third kappa shape index (κ3) is 4.26. The van der Waals surface area contributed by atoms with Gasteiger partial charge in [0, 0.05) is 34.8 Å². The average molecular weight is 431 g/mol. The highest BCUT2D eigenvalue weighted by atomic mass is 16.6. The molecule has 9 nitrogen and oxygen atoms in total. The number of methoxy groups -OCH3 is 1. The van der Waals surface area contributed by atoms with Gasteiger partial charge in [0.1, 0.15) is 11.3 Å². The molecule has 0 fully saturated rings. The van der Waals surface area contributed by atoms with Crippen molar-refractivity contribution in [2.45, 2.75) is 0 Å². The number of ether oxygens (including phenoxy) is 1. The van der Waals surface area contributed by atoms with Crippen LogP contribution in [-0.2, 0) is 0 Å². The van der Waals surface area contributed by atoms with Crippen molar-refractivity contribution in [3.8, 4) is 5.75 Å². The first-order valence-corrected chi connectivity index (χ1v) is 9.48. The van der Waals surface area contributed by atoms with Crippen LogP contribution in [0, 0.1) is 10.1 Å². The van der Waals surface area contributed by atoms with Crippen LogP contribution in [0.2, 0.25) is 0 Å². The molecule has 0 aliphatic heterocycles. The van der Waals surface area contributed by atoms with Crippen molar-refractivity contribution < 1.29 is 23.7 Å². The summed E-state index contributed by atoms with van der Waals surface area (Å²) in [6.07, 6.45) is 0. The predicted molar refractivity (Wildman–Crippen MR) is 118 cm³/mol. The Bertz CT molecular complexity index is 1310. The number of nitro groups is 1. The molecular weight excluding hydrogens is 414 g/mol. The lowest BCUT2D eigenvalue weighted by Gasteiger charge is -2.12. The Morgan fingerprint density at radius 2 is 1.75 bits per heavy atom. The number of nitrogens with zero attached hydrogens (tertiary/aromatic N) is 1. The first kappa shape index (κ1) is 20.6. The minimum atomic E-state index is -0.570. The maximum atomic E-state index is 12.6. The average Bonchev–Trinajstić information content (AvgIpc) is 3.24. The first-order valence-electron chi connectivity index (χ1n) is 9.48. The van der Waals surface area contributed by atoms with Crippen LogP contribution in [0.4, 0.5) is 17.1 Å². The highest BCUT2D eigenvalue weighted by molar-refractivity contribution is 6.07. The van der Waals surface area contributed by atoms with Gasteiger partial charge in [-0.3, -0.25) is 19.7 Å². The molecule has 2 amide bonds. The van der Waals surface area contributed by atoms with Gasteiger partial charge in [0.25, 0.3) is 17.5 Å². The molecule has 0 bridgehead atoms. The van der Waals surface area contributed by atoms with Gasteiger partial charge >= 0.3 is 0 Å². The fourth-order valence-electron chi connectivity index (χ4n) is 3.11. The van der Waals surface area contributed by atoms with Crippen molar-refractivity contribution in [1.29, 1.82) is 0 Å². The number of para-hydroxylation sites is 1. The minimum absolute atomic E-state index is 0.139. The lowest BCUT2D eigenvalue weighted by molar-refractivity contribution is -0.384. The van der Waals surface area contributed by atoms with Crippen LogP contribution >= 0.6 is 0 Å². The number of carbonyl (C=O) groups excluding carboxylic acids is 2. The van der Waals surface area contributed by atoms with Crippen molar-refractivity contribution in [2.75, 3.05) is 17.7 Å². The number of fused-ring (bicyclic) bond motifs is 1. The van der Waals surface area contributed by atoms with Crippen LogP contribution < -0.4 is 15.4 Å². The zero-order valence-electron chi connectivity index (χ0n) is 16.8. The molecule has 32 heavy (non-hydrogen) atoms.